The summed E-state index contributed by atoms with van der Waals surface area (Å²) in [6, 6.07) is 2.86. The quantitative estimate of drug-likeness (QED) is 0.696. The van der Waals surface area contributed by atoms with Crippen molar-refractivity contribution in [3.8, 4) is 5.75 Å². The second kappa shape index (κ2) is 8.28. The number of piperidine rings is 1. The first kappa shape index (κ1) is 17.7. The van der Waals surface area contributed by atoms with Gasteiger partial charge in [-0.2, -0.15) is 0 Å². The molecule has 2 rings (SSSR count). The van der Waals surface area contributed by atoms with Crippen molar-refractivity contribution < 1.29 is 19.5 Å². The summed E-state index contributed by atoms with van der Waals surface area (Å²) in [7, 11) is 0. The van der Waals surface area contributed by atoms with Crippen molar-refractivity contribution in [3.05, 3.63) is 24.0 Å². The highest BCUT2D eigenvalue weighted by Crippen LogP contribution is 2.17. The number of nitrogens with zero attached hydrogens (tertiary/aromatic N) is 2. The van der Waals surface area contributed by atoms with Gasteiger partial charge in [0.15, 0.2) is 5.69 Å². The minimum Gasteiger partial charge on any atom is -0.505 e. The van der Waals surface area contributed by atoms with Gasteiger partial charge in [-0.1, -0.05) is 0 Å². The number of carbonyl (C=O) groups is 3. The molecule has 130 valence electrons. The van der Waals surface area contributed by atoms with Gasteiger partial charge < -0.3 is 20.6 Å². The Balaban J connectivity index is 1.87. The van der Waals surface area contributed by atoms with Crippen LogP contribution >= 0.6 is 0 Å². The Hall–Kier alpha value is -2.64. The molecule has 1 aliphatic rings. The number of aromatic hydroxyl groups is 1. The van der Waals surface area contributed by atoms with Gasteiger partial charge in [-0.15, -0.1) is 0 Å². The molecule has 1 aliphatic heterocycles. The molecule has 1 aromatic rings. The number of nitrogens with one attached hydrogen (secondary N) is 2. The minimum absolute atomic E-state index is 0.0440. The van der Waals surface area contributed by atoms with Gasteiger partial charge in [0.2, 0.25) is 11.8 Å². The van der Waals surface area contributed by atoms with Crippen LogP contribution in [0, 0.1) is 5.92 Å². The number of hydrogen-bond donors (Lipinski definition) is 3. The van der Waals surface area contributed by atoms with Crippen LogP contribution in [-0.2, 0) is 9.59 Å². The summed E-state index contributed by atoms with van der Waals surface area (Å²) in [6.45, 7) is 3.14. The smallest absolute Gasteiger partial charge is 0.274 e. The third-order valence-corrected chi connectivity index (χ3v) is 3.90. The lowest BCUT2D eigenvalue weighted by atomic mass is 9.97. The molecule has 8 heteroatoms. The van der Waals surface area contributed by atoms with Crippen molar-refractivity contribution >= 4 is 17.7 Å². The predicted molar refractivity (Wildman–Crippen MR) is 86.2 cm³/mol. The molecule has 3 N–H and O–H groups in total. The van der Waals surface area contributed by atoms with E-state index in [1.165, 1.54) is 18.3 Å². The molecular formula is C16H22N4O4. The van der Waals surface area contributed by atoms with Crippen LogP contribution in [0.15, 0.2) is 18.3 Å². The number of rotatable bonds is 5. The fourth-order valence-electron chi connectivity index (χ4n) is 2.66. The summed E-state index contributed by atoms with van der Waals surface area (Å²) in [6.07, 6.45) is 2.89. The van der Waals surface area contributed by atoms with E-state index in [2.05, 4.69) is 15.6 Å². The lowest BCUT2D eigenvalue weighted by molar-refractivity contribution is -0.134. The van der Waals surface area contributed by atoms with E-state index < -0.39 is 5.91 Å². The van der Waals surface area contributed by atoms with E-state index in [0.717, 1.165) is 12.8 Å². The van der Waals surface area contributed by atoms with Crippen LogP contribution in [0.3, 0.4) is 0 Å². The van der Waals surface area contributed by atoms with Crippen LogP contribution in [0.2, 0.25) is 0 Å². The number of carbonyl (C=O) groups excluding carboxylic acids is 3. The summed E-state index contributed by atoms with van der Waals surface area (Å²) in [5.74, 6) is -1.36. The second-order valence-corrected chi connectivity index (χ2v) is 5.63. The minimum atomic E-state index is -0.612. The van der Waals surface area contributed by atoms with Gasteiger partial charge in [-0.05, 0) is 31.9 Å². The van der Waals surface area contributed by atoms with E-state index in [-0.39, 0.29) is 35.7 Å². The number of pyridine rings is 1. The van der Waals surface area contributed by atoms with Crippen LogP contribution < -0.4 is 10.6 Å². The van der Waals surface area contributed by atoms with Gasteiger partial charge >= 0.3 is 0 Å². The van der Waals surface area contributed by atoms with Crippen LogP contribution in [0.25, 0.3) is 0 Å². The molecule has 3 amide bonds. The van der Waals surface area contributed by atoms with Gasteiger partial charge in [0.25, 0.3) is 5.91 Å². The molecule has 1 aromatic heterocycles. The Morgan fingerprint density at radius 3 is 2.88 bits per heavy atom. The fraction of sp³-hybridized carbons (Fsp3) is 0.500. The molecule has 1 saturated heterocycles. The maximum absolute atomic E-state index is 12.2. The summed E-state index contributed by atoms with van der Waals surface area (Å²) in [4.78, 5) is 41.5. The van der Waals surface area contributed by atoms with Crippen molar-refractivity contribution in [2.24, 2.45) is 5.92 Å². The van der Waals surface area contributed by atoms with E-state index in [4.69, 9.17) is 0 Å². The van der Waals surface area contributed by atoms with Crippen molar-refractivity contribution in [2.45, 2.75) is 19.8 Å². The summed E-state index contributed by atoms with van der Waals surface area (Å²) in [5.41, 5.74) is -0.121. The fourth-order valence-corrected chi connectivity index (χ4v) is 2.66. The molecule has 2 heterocycles. The van der Waals surface area contributed by atoms with Gasteiger partial charge in [0.1, 0.15) is 5.75 Å². The van der Waals surface area contributed by atoms with E-state index in [1.54, 1.807) is 4.90 Å². The maximum Gasteiger partial charge on any atom is 0.274 e. The molecule has 24 heavy (non-hydrogen) atoms. The zero-order chi connectivity index (χ0) is 17.5. The van der Waals surface area contributed by atoms with Gasteiger partial charge in [0, 0.05) is 25.8 Å². The first-order valence-electron chi connectivity index (χ1n) is 8.00. The van der Waals surface area contributed by atoms with Crippen molar-refractivity contribution in [1.29, 1.82) is 0 Å². The average molecular weight is 334 g/mol. The number of hydrogen-bond acceptors (Lipinski definition) is 5. The van der Waals surface area contributed by atoms with Crippen LogP contribution in [0.4, 0.5) is 0 Å². The maximum atomic E-state index is 12.2. The molecule has 1 atom stereocenters. The molecule has 0 aromatic carbocycles. The van der Waals surface area contributed by atoms with E-state index in [1.807, 2.05) is 6.92 Å². The lowest BCUT2D eigenvalue weighted by Gasteiger charge is -2.32. The summed E-state index contributed by atoms with van der Waals surface area (Å²) >= 11 is 0. The average Bonchev–Trinajstić information content (AvgIpc) is 2.60. The van der Waals surface area contributed by atoms with E-state index >= 15 is 0 Å². The molecule has 0 spiro atoms. The zero-order valence-corrected chi connectivity index (χ0v) is 13.6. The highest BCUT2D eigenvalue weighted by Gasteiger charge is 2.28. The third-order valence-electron chi connectivity index (χ3n) is 3.90. The number of aromatic nitrogens is 1. The summed E-state index contributed by atoms with van der Waals surface area (Å²) in [5, 5.41) is 14.8. The van der Waals surface area contributed by atoms with Crippen molar-refractivity contribution in [2.75, 3.05) is 26.2 Å². The number of amides is 3. The molecule has 0 radical (unpaired) electrons. The second-order valence-electron chi connectivity index (χ2n) is 5.63. The highest BCUT2D eigenvalue weighted by molar-refractivity contribution is 5.97. The number of likely N-dealkylation sites (tertiary alicyclic amines) is 1. The van der Waals surface area contributed by atoms with E-state index in [0.29, 0.717) is 19.6 Å². The normalized spacial score (nSPS) is 17.2. The van der Waals surface area contributed by atoms with Gasteiger partial charge in [0.05, 0.1) is 12.5 Å². The Bertz CT molecular complexity index is 620. The Labute approximate surface area is 140 Å². The molecular weight excluding hydrogens is 312 g/mol. The molecule has 0 bridgehead atoms. The highest BCUT2D eigenvalue weighted by atomic mass is 16.3. The first-order valence-corrected chi connectivity index (χ1v) is 8.00. The molecule has 8 nitrogen and oxygen atoms in total. The van der Waals surface area contributed by atoms with Crippen molar-refractivity contribution in [3.63, 3.8) is 0 Å². The Morgan fingerprint density at radius 1 is 1.38 bits per heavy atom. The van der Waals surface area contributed by atoms with Crippen LogP contribution in [-0.4, -0.2) is 58.9 Å². The topological polar surface area (TPSA) is 112 Å². The Kier molecular flexibility index (Phi) is 6.11. The predicted octanol–water partition coefficient (Wildman–Crippen LogP) is -0.108. The monoisotopic (exact) mass is 334 g/mol. The van der Waals surface area contributed by atoms with Crippen LogP contribution in [0.1, 0.15) is 30.3 Å². The van der Waals surface area contributed by atoms with Gasteiger partial charge in [-0.3, -0.25) is 14.4 Å². The zero-order valence-electron chi connectivity index (χ0n) is 13.6. The SMILES string of the molecule is CCNC(=O)C1CCCN(C(=O)CNC(=O)c2ncccc2O)C1. The molecule has 1 fully saturated rings. The molecule has 0 saturated carbocycles. The molecule has 1 unspecified atom stereocenters. The largest absolute Gasteiger partial charge is 0.505 e. The summed E-state index contributed by atoms with van der Waals surface area (Å²) < 4.78 is 0. The Morgan fingerprint density at radius 2 is 2.17 bits per heavy atom. The standard InChI is InChI=1S/C16H22N4O4/c1-2-17-15(23)11-5-4-8-20(10-11)13(22)9-19-16(24)14-12(21)6-3-7-18-14/h3,6-7,11,21H,2,4-5,8-10H2,1H3,(H,17,23)(H,19,24). The van der Waals surface area contributed by atoms with Crippen LogP contribution in [0.5, 0.6) is 5.75 Å². The third kappa shape index (κ3) is 4.43. The van der Waals surface area contributed by atoms with Crippen molar-refractivity contribution in [1.82, 2.24) is 20.5 Å². The lowest BCUT2D eigenvalue weighted by Crippen LogP contribution is -2.48. The first-order chi connectivity index (χ1) is 11.5. The van der Waals surface area contributed by atoms with E-state index in [9.17, 15) is 19.5 Å². The van der Waals surface area contributed by atoms with Gasteiger partial charge in [-0.25, -0.2) is 4.98 Å². The molecule has 0 aliphatic carbocycles.